The molecular formula is C11H21N3O. The van der Waals surface area contributed by atoms with Crippen molar-refractivity contribution in [2.45, 2.75) is 39.2 Å². The number of unbranched alkanes of at least 4 members (excludes halogenated alkanes) is 3. The molecule has 0 aliphatic rings. The van der Waals surface area contributed by atoms with Crippen molar-refractivity contribution in [3.63, 3.8) is 0 Å². The zero-order chi connectivity index (χ0) is 10.9. The van der Waals surface area contributed by atoms with Crippen molar-refractivity contribution in [2.75, 3.05) is 18.5 Å². The fourth-order valence-corrected chi connectivity index (χ4v) is 1.52. The highest BCUT2D eigenvalue weighted by Gasteiger charge is 1.98. The molecule has 0 aliphatic heterocycles. The van der Waals surface area contributed by atoms with Gasteiger partial charge in [-0.2, -0.15) is 0 Å². The summed E-state index contributed by atoms with van der Waals surface area (Å²) in [5.41, 5.74) is 0. The van der Waals surface area contributed by atoms with E-state index in [0.29, 0.717) is 6.61 Å². The Morgan fingerprint density at radius 3 is 2.87 bits per heavy atom. The highest BCUT2D eigenvalue weighted by atomic mass is 16.2. The lowest BCUT2D eigenvalue weighted by Gasteiger charge is -2.07. The van der Waals surface area contributed by atoms with Crippen LogP contribution in [0.15, 0.2) is 12.4 Å². The van der Waals surface area contributed by atoms with Crippen molar-refractivity contribution in [3.05, 3.63) is 12.4 Å². The van der Waals surface area contributed by atoms with E-state index in [-0.39, 0.29) is 0 Å². The van der Waals surface area contributed by atoms with Crippen LogP contribution in [0.4, 0.5) is 5.95 Å². The highest BCUT2D eigenvalue weighted by Crippen LogP contribution is 2.05. The minimum Gasteiger partial charge on any atom is -0.396 e. The van der Waals surface area contributed by atoms with Crippen molar-refractivity contribution in [3.8, 4) is 0 Å². The first-order chi connectivity index (χ1) is 7.38. The van der Waals surface area contributed by atoms with Gasteiger partial charge in [-0.15, -0.1) is 0 Å². The third-order valence-corrected chi connectivity index (χ3v) is 2.42. The second kappa shape index (κ2) is 7.29. The molecule has 4 heteroatoms. The van der Waals surface area contributed by atoms with Gasteiger partial charge in [0.2, 0.25) is 5.95 Å². The summed E-state index contributed by atoms with van der Waals surface area (Å²) in [6.07, 6.45) is 8.13. The molecule has 0 aromatic carbocycles. The lowest BCUT2D eigenvalue weighted by molar-refractivity contribution is 0.283. The van der Waals surface area contributed by atoms with Gasteiger partial charge in [-0.05, 0) is 19.8 Å². The van der Waals surface area contributed by atoms with Gasteiger partial charge in [0.1, 0.15) is 0 Å². The molecule has 0 saturated carbocycles. The molecule has 15 heavy (non-hydrogen) atoms. The van der Waals surface area contributed by atoms with E-state index in [1.54, 1.807) is 0 Å². The van der Waals surface area contributed by atoms with Crippen LogP contribution in [0.5, 0.6) is 0 Å². The molecule has 1 rings (SSSR count). The molecule has 86 valence electrons. The summed E-state index contributed by atoms with van der Waals surface area (Å²) in [6, 6.07) is 0. The summed E-state index contributed by atoms with van der Waals surface area (Å²) in [4.78, 5) is 4.23. The largest absolute Gasteiger partial charge is 0.396 e. The maximum Gasteiger partial charge on any atom is 0.202 e. The zero-order valence-corrected chi connectivity index (χ0v) is 9.45. The standard InChI is InChI=1S/C11H21N3O/c1-2-14-9-8-13-11(14)12-7-5-3-4-6-10-15/h8-9,15H,2-7,10H2,1H3,(H,12,13). The molecule has 1 aromatic heterocycles. The van der Waals surface area contributed by atoms with E-state index in [9.17, 15) is 0 Å². The number of aliphatic hydroxyl groups is 1. The molecule has 0 spiro atoms. The number of imidazole rings is 1. The van der Waals surface area contributed by atoms with Crippen molar-refractivity contribution in [1.82, 2.24) is 9.55 Å². The maximum absolute atomic E-state index is 8.61. The third kappa shape index (κ3) is 4.34. The monoisotopic (exact) mass is 211 g/mol. The van der Waals surface area contributed by atoms with Gasteiger partial charge < -0.3 is 15.0 Å². The van der Waals surface area contributed by atoms with Crippen molar-refractivity contribution >= 4 is 5.95 Å². The Labute approximate surface area is 91.3 Å². The molecule has 0 radical (unpaired) electrons. The Hall–Kier alpha value is -1.03. The lowest BCUT2D eigenvalue weighted by Crippen LogP contribution is -2.07. The van der Waals surface area contributed by atoms with E-state index in [1.165, 1.54) is 6.42 Å². The summed E-state index contributed by atoms with van der Waals surface area (Å²) < 4.78 is 2.09. The smallest absolute Gasteiger partial charge is 0.202 e. The number of aromatic nitrogens is 2. The average molecular weight is 211 g/mol. The van der Waals surface area contributed by atoms with Crippen molar-refractivity contribution in [1.29, 1.82) is 0 Å². The van der Waals surface area contributed by atoms with Crippen molar-refractivity contribution < 1.29 is 5.11 Å². The molecule has 0 atom stereocenters. The fourth-order valence-electron chi connectivity index (χ4n) is 1.52. The number of anilines is 1. The SMILES string of the molecule is CCn1ccnc1NCCCCCCO. The minimum absolute atomic E-state index is 0.313. The van der Waals surface area contributed by atoms with E-state index >= 15 is 0 Å². The van der Waals surface area contributed by atoms with Crippen LogP contribution < -0.4 is 5.32 Å². The third-order valence-electron chi connectivity index (χ3n) is 2.42. The van der Waals surface area contributed by atoms with Gasteiger partial charge in [-0.1, -0.05) is 12.8 Å². The number of hydrogen-bond acceptors (Lipinski definition) is 3. The van der Waals surface area contributed by atoms with Crippen LogP contribution in [0, 0.1) is 0 Å². The maximum atomic E-state index is 8.61. The molecule has 4 nitrogen and oxygen atoms in total. The molecule has 1 heterocycles. The first-order valence-electron chi connectivity index (χ1n) is 5.74. The normalized spacial score (nSPS) is 10.5. The van der Waals surface area contributed by atoms with Gasteiger partial charge in [0, 0.05) is 32.1 Å². The van der Waals surface area contributed by atoms with E-state index in [4.69, 9.17) is 5.11 Å². The second-order valence-corrected chi connectivity index (χ2v) is 3.60. The second-order valence-electron chi connectivity index (χ2n) is 3.60. The number of aryl methyl sites for hydroxylation is 1. The van der Waals surface area contributed by atoms with E-state index in [0.717, 1.165) is 38.3 Å². The summed E-state index contributed by atoms with van der Waals surface area (Å²) in [5, 5.41) is 11.9. The van der Waals surface area contributed by atoms with Crippen LogP contribution >= 0.6 is 0 Å². The number of nitrogens with one attached hydrogen (secondary N) is 1. The van der Waals surface area contributed by atoms with Gasteiger partial charge in [-0.25, -0.2) is 4.98 Å². The zero-order valence-electron chi connectivity index (χ0n) is 9.45. The molecule has 0 bridgehead atoms. The molecule has 0 aliphatic carbocycles. The molecule has 0 amide bonds. The summed E-state index contributed by atoms with van der Waals surface area (Å²) in [5.74, 6) is 0.958. The molecule has 2 N–H and O–H groups in total. The quantitative estimate of drug-likeness (QED) is 0.645. The first-order valence-corrected chi connectivity index (χ1v) is 5.74. The topological polar surface area (TPSA) is 50.1 Å². The van der Waals surface area contributed by atoms with Gasteiger partial charge in [0.25, 0.3) is 0 Å². The number of nitrogens with zero attached hydrogens (tertiary/aromatic N) is 2. The predicted molar refractivity (Wildman–Crippen MR) is 61.9 cm³/mol. The average Bonchev–Trinajstić information content (AvgIpc) is 2.70. The summed E-state index contributed by atoms with van der Waals surface area (Å²) in [6.45, 7) is 4.33. The molecule has 1 aromatic rings. The van der Waals surface area contributed by atoms with E-state index in [2.05, 4.69) is 21.8 Å². The van der Waals surface area contributed by atoms with Gasteiger partial charge in [0.15, 0.2) is 0 Å². The van der Waals surface area contributed by atoms with Crippen LogP contribution in [0.2, 0.25) is 0 Å². The highest BCUT2D eigenvalue weighted by molar-refractivity contribution is 5.25. The van der Waals surface area contributed by atoms with Crippen LogP contribution in [0.25, 0.3) is 0 Å². The Morgan fingerprint density at radius 2 is 2.13 bits per heavy atom. The minimum atomic E-state index is 0.313. The molecular weight excluding hydrogens is 190 g/mol. The van der Waals surface area contributed by atoms with Crippen LogP contribution in [0.1, 0.15) is 32.6 Å². The summed E-state index contributed by atoms with van der Waals surface area (Å²) >= 11 is 0. The molecule has 0 saturated heterocycles. The van der Waals surface area contributed by atoms with Gasteiger partial charge in [-0.3, -0.25) is 0 Å². The Balaban J connectivity index is 2.09. The van der Waals surface area contributed by atoms with Crippen LogP contribution in [-0.2, 0) is 6.54 Å². The van der Waals surface area contributed by atoms with E-state index < -0.39 is 0 Å². The summed E-state index contributed by atoms with van der Waals surface area (Å²) in [7, 11) is 0. The van der Waals surface area contributed by atoms with Gasteiger partial charge in [0.05, 0.1) is 0 Å². The number of aliphatic hydroxyl groups excluding tert-OH is 1. The fraction of sp³-hybridized carbons (Fsp3) is 0.727. The predicted octanol–water partition coefficient (Wildman–Crippen LogP) is 1.87. The Kier molecular flexibility index (Phi) is 5.85. The first kappa shape index (κ1) is 12.0. The van der Waals surface area contributed by atoms with E-state index in [1.807, 2.05) is 12.4 Å². The lowest BCUT2D eigenvalue weighted by atomic mass is 10.2. The molecule has 0 unspecified atom stereocenters. The Morgan fingerprint density at radius 1 is 1.33 bits per heavy atom. The Bertz CT molecular complexity index is 260. The van der Waals surface area contributed by atoms with Gasteiger partial charge >= 0.3 is 0 Å². The number of rotatable bonds is 8. The molecule has 0 fully saturated rings. The van der Waals surface area contributed by atoms with Crippen molar-refractivity contribution in [2.24, 2.45) is 0 Å². The number of hydrogen-bond donors (Lipinski definition) is 2. The van der Waals surface area contributed by atoms with Crippen LogP contribution in [0.3, 0.4) is 0 Å². The van der Waals surface area contributed by atoms with Crippen LogP contribution in [-0.4, -0.2) is 27.8 Å².